The van der Waals surface area contributed by atoms with E-state index in [1.807, 2.05) is 6.07 Å². The fourth-order valence-corrected chi connectivity index (χ4v) is 4.76. The Hall–Kier alpha value is -1.64. The SMILES string of the molecule is O=C(NCCc1cccc(Cl)c1Cl)c1cccc(S(=O)(=O)N2CCOCC2)c1. The summed E-state index contributed by atoms with van der Waals surface area (Å²) in [6.45, 7) is 1.69. The summed E-state index contributed by atoms with van der Waals surface area (Å²) < 4.78 is 32.1. The van der Waals surface area contributed by atoms with Crippen LogP contribution in [0.15, 0.2) is 47.4 Å². The average Bonchev–Trinajstić information content (AvgIpc) is 2.72. The number of sulfonamides is 1. The number of halogens is 2. The predicted molar refractivity (Wildman–Crippen MR) is 109 cm³/mol. The van der Waals surface area contributed by atoms with Crippen molar-refractivity contribution >= 4 is 39.1 Å². The molecule has 1 aliphatic rings. The van der Waals surface area contributed by atoms with Crippen LogP contribution in [0, 0.1) is 0 Å². The minimum absolute atomic E-state index is 0.0972. The van der Waals surface area contributed by atoms with E-state index in [4.69, 9.17) is 27.9 Å². The van der Waals surface area contributed by atoms with Gasteiger partial charge in [0.15, 0.2) is 0 Å². The van der Waals surface area contributed by atoms with Crippen LogP contribution in [0.25, 0.3) is 0 Å². The van der Waals surface area contributed by atoms with E-state index in [1.54, 1.807) is 24.3 Å². The maximum Gasteiger partial charge on any atom is 0.251 e. The summed E-state index contributed by atoms with van der Waals surface area (Å²) >= 11 is 12.1. The van der Waals surface area contributed by atoms with Gasteiger partial charge in [0.1, 0.15) is 0 Å². The van der Waals surface area contributed by atoms with E-state index in [2.05, 4.69) is 5.32 Å². The molecule has 2 aromatic rings. The standard InChI is InChI=1S/C19H20Cl2N2O4S/c20-17-6-2-3-14(18(17)21)7-8-22-19(24)15-4-1-5-16(13-15)28(25,26)23-9-11-27-12-10-23/h1-6,13H,7-12H2,(H,22,24). The van der Waals surface area contributed by atoms with Crippen molar-refractivity contribution in [3.63, 3.8) is 0 Å². The summed E-state index contributed by atoms with van der Waals surface area (Å²) in [6.07, 6.45) is 0.511. The van der Waals surface area contributed by atoms with Crippen LogP contribution in [0.3, 0.4) is 0 Å². The number of ether oxygens (including phenoxy) is 1. The third-order valence-electron chi connectivity index (χ3n) is 4.42. The second kappa shape index (κ2) is 9.24. The van der Waals surface area contributed by atoms with Crippen molar-refractivity contribution in [2.75, 3.05) is 32.8 Å². The van der Waals surface area contributed by atoms with Crippen molar-refractivity contribution in [1.82, 2.24) is 9.62 Å². The van der Waals surface area contributed by atoms with E-state index in [0.29, 0.717) is 49.3 Å². The highest BCUT2D eigenvalue weighted by Crippen LogP contribution is 2.25. The second-order valence-corrected chi connectivity index (χ2v) is 8.99. The summed E-state index contributed by atoms with van der Waals surface area (Å²) in [6, 6.07) is 11.4. The molecule has 1 aliphatic heterocycles. The van der Waals surface area contributed by atoms with Gasteiger partial charge in [-0.3, -0.25) is 4.79 Å². The lowest BCUT2D eigenvalue weighted by Gasteiger charge is -2.26. The zero-order valence-corrected chi connectivity index (χ0v) is 17.4. The molecule has 1 amide bonds. The van der Waals surface area contributed by atoms with Crippen LogP contribution in [-0.2, 0) is 21.2 Å². The first-order chi connectivity index (χ1) is 13.4. The summed E-state index contributed by atoms with van der Waals surface area (Å²) in [5, 5.41) is 3.72. The fourth-order valence-electron chi connectivity index (χ4n) is 2.89. The molecule has 3 rings (SSSR count). The molecule has 1 fully saturated rings. The molecule has 0 radical (unpaired) electrons. The zero-order valence-electron chi connectivity index (χ0n) is 15.0. The molecule has 0 spiro atoms. The van der Waals surface area contributed by atoms with Crippen LogP contribution < -0.4 is 5.32 Å². The molecule has 6 nitrogen and oxygen atoms in total. The number of hydrogen-bond donors (Lipinski definition) is 1. The highest BCUT2D eigenvalue weighted by atomic mass is 35.5. The van der Waals surface area contributed by atoms with Gasteiger partial charge in [0.2, 0.25) is 10.0 Å². The Bertz CT molecular complexity index is 960. The number of nitrogens with zero attached hydrogens (tertiary/aromatic N) is 1. The van der Waals surface area contributed by atoms with Gasteiger partial charge in [0, 0.05) is 25.2 Å². The lowest BCUT2D eigenvalue weighted by atomic mass is 10.1. The van der Waals surface area contributed by atoms with Crippen LogP contribution in [0.2, 0.25) is 10.0 Å². The molecule has 2 aromatic carbocycles. The molecule has 0 aliphatic carbocycles. The number of rotatable bonds is 6. The molecule has 0 bridgehead atoms. The number of carbonyl (C=O) groups excluding carboxylic acids is 1. The maximum atomic E-state index is 12.7. The number of amides is 1. The average molecular weight is 443 g/mol. The van der Waals surface area contributed by atoms with E-state index < -0.39 is 10.0 Å². The monoisotopic (exact) mass is 442 g/mol. The molecule has 0 aromatic heterocycles. The quantitative estimate of drug-likeness (QED) is 0.745. The second-order valence-electron chi connectivity index (χ2n) is 6.26. The van der Waals surface area contributed by atoms with Crippen molar-refractivity contribution in [1.29, 1.82) is 0 Å². The number of morpholine rings is 1. The molecule has 9 heteroatoms. The van der Waals surface area contributed by atoms with Crippen LogP contribution in [-0.4, -0.2) is 51.5 Å². The normalized spacial score (nSPS) is 15.4. The highest BCUT2D eigenvalue weighted by molar-refractivity contribution is 7.89. The Labute approximate surface area is 174 Å². The fraction of sp³-hybridized carbons (Fsp3) is 0.316. The van der Waals surface area contributed by atoms with Gasteiger partial charge in [-0.1, -0.05) is 41.4 Å². The lowest BCUT2D eigenvalue weighted by molar-refractivity contribution is 0.0730. The topological polar surface area (TPSA) is 75.7 Å². The summed E-state index contributed by atoms with van der Waals surface area (Å²) in [5.41, 5.74) is 1.12. The van der Waals surface area contributed by atoms with Crippen LogP contribution in [0.5, 0.6) is 0 Å². The van der Waals surface area contributed by atoms with Crippen LogP contribution in [0.1, 0.15) is 15.9 Å². The van der Waals surface area contributed by atoms with Gasteiger partial charge in [0.25, 0.3) is 5.91 Å². The van der Waals surface area contributed by atoms with Crippen LogP contribution >= 0.6 is 23.2 Å². The number of benzene rings is 2. The molecule has 0 saturated carbocycles. The number of carbonyl (C=O) groups is 1. The van der Waals surface area contributed by atoms with Gasteiger partial charge in [-0.2, -0.15) is 4.31 Å². The highest BCUT2D eigenvalue weighted by Gasteiger charge is 2.26. The molecule has 0 atom stereocenters. The van der Waals surface area contributed by atoms with Crippen LogP contribution in [0.4, 0.5) is 0 Å². The van der Waals surface area contributed by atoms with E-state index in [9.17, 15) is 13.2 Å². The van der Waals surface area contributed by atoms with Crippen molar-refractivity contribution < 1.29 is 17.9 Å². The Morgan fingerprint density at radius 1 is 1.11 bits per heavy atom. The summed E-state index contributed by atoms with van der Waals surface area (Å²) in [5.74, 6) is -0.350. The Morgan fingerprint density at radius 3 is 2.57 bits per heavy atom. The molecule has 1 N–H and O–H groups in total. The largest absolute Gasteiger partial charge is 0.379 e. The third kappa shape index (κ3) is 4.85. The van der Waals surface area contributed by atoms with Gasteiger partial charge < -0.3 is 10.1 Å². The number of nitrogens with one attached hydrogen (secondary N) is 1. The number of hydrogen-bond acceptors (Lipinski definition) is 4. The minimum atomic E-state index is -3.65. The molecule has 150 valence electrons. The van der Waals surface area contributed by atoms with Crippen molar-refractivity contribution in [2.24, 2.45) is 0 Å². The summed E-state index contributed by atoms with van der Waals surface area (Å²) in [4.78, 5) is 12.5. The maximum absolute atomic E-state index is 12.7. The van der Waals surface area contributed by atoms with E-state index in [1.165, 1.54) is 16.4 Å². The molecular formula is C19H20Cl2N2O4S. The van der Waals surface area contributed by atoms with Crippen molar-refractivity contribution in [3.05, 3.63) is 63.6 Å². The smallest absolute Gasteiger partial charge is 0.251 e. The molecule has 1 saturated heterocycles. The third-order valence-corrected chi connectivity index (χ3v) is 7.17. The van der Waals surface area contributed by atoms with Gasteiger partial charge in [0.05, 0.1) is 28.2 Å². The van der Waals surface area contributed by atoms with Gasteiger partial charge >= 0.3 is 0 Å². The molecular weight excluding hydrogens is 423 g/mol. The van der Waals surface area contributed by atoms with E-state index in [-0.39, 0.29) is 16.4 Å². The Morgan fingerprint density at radius 2 is 1.82 bits per heavy atom. The minimum Gasteiger partial charge on any atom is -0.379 e. The van der Waals surface area contributed by atoms with Crippen molar-refractivity contribution in [3.8, 4) is 0 Å². The summed E-state index contributed by atoms with van der Waals surface area (Å²) in [7, 11) is -3.65. The lowest BCUT2D eigenvalue weighted by Crippen LogP contribution is -2.40. The first-order valence-electron chi connectivity index (χ1n) is 8.78. The van der Waals surface area contributed by atoms with Gasteiger partial charge in [-0.15, -0.1) is 0 Å². The van der Waals surface area contributed by atoms with Gasteiger partial charge in [-0.05, 0) is 36.2 Å². The Kier molecular flexibility index (Phi) is 6.95. The molecule has 0 unspecified atom stereocenters. The zero-order chi connectivity index (χ0) is 20.1. The van der Waals surface area contributed by atoms with E-state index in [0.717, 1.165) is 5.56 Å². The van der Waals surface area contributed by atoms with E-state index >= 15 is 0 Å². The van der Waals surface area contributed by atoms with Crippen molar-refractivity contribution in [2.45, 2.75) is 11.3 Å². The predicted octanol–water partition coefficient (Wildman–Crippen LogP) is 2.99. The Balaban J connectivity index is 1.66. The molecule has 28 heavy (non-hydrogen) atoms. The van der Waals surface area contributed by atoms with Gasteiger partial charge in [-0.25, -0.2) is 8.42 Å². The first-order valence-corrected chi connectivity index (χ1v) is 11.0. The molecule has 1 heterocycles. The first kappa shape index (κ1) is 21.1.